The Balaban J connectivity index is 1.79. The molecule has 0 radical (unpaired) electrons. The van der Waals surface area contributed by atoms with Gasteiger partial charge in [-0.2, -0.15) is 5.10 Å². The molecule has 146 valence electrons. The van der Waals surface area contributed by atoms with E-state index in [1.807, 2.05) is 36.7 Å². The molecule has 0 bridgehead atoms. The molecule has 9 heteroatoms. The van der Waals surface area contributed by atoms with Crippen LogP contribution in [0.4, 0.5) is 11.4 Å². The molecular formula is C19H16Cl4N4S. The molecule has 0 aliphatic rings. The maximum absolute atomic E-state index is 6.29. The summed E-state index contributed by atoms with van der Waals surface area (Å²) in [6.07, 6.45) is 0. The molecule has 1 aromatic heterocycles. The van der Waals surface area contributed by atoms with E-state index in [1.165, 1.54) is 0 Å². The fourth-order valence-corrected chi connectivity index (χ4v) is 3.91. The van der Waals surface area contributed by atoms with Gasteiger partial charge in [0.15, 0.2) is 5.11 Å². The highest BCUT2D eigenvalue weighted by atomic mass is 35.5. The number of hydrogen-bond acceptors (Lipinski definition) is 2. The van der Waals surface area contributed by atoms with Crippen LogP contribution in [0.3, 0.4) is 0 Å². The number of nitrogens with zero attached hydrogens (tertiary/aromatic N) is 2. The normalized spacial score (nSPS) is 10.8. The number of hydrogen-bond donors (Lipinski definition) is 2. The number of aromatic nitrogens is 2. The van der Waals surface area contributed by atoms with Gasteiger partial charge in [0, 0.05) is 20.6 Å². The van der Waals surface area contributed by atoms with Crippen LogP contribution in [0.5, 0.6) is 0 Å². The number of thiocarbonyl (C=S) groups is 1. The highest BCUT2D eigenvalue weighted by Gasteiger charge is 2.15. The van der Waals surface area contributed by atoms with Crippen molar-refractivity contribution >= 4 is 75.1 Å². The van der Waals surface area contributed by atoms with Crippen LogP contribution in [0.25, 0.3) is 0 Å². The number of benzene rings is 2. The Morgan fingerprint density at radius 1 is 1.00 bits per heavy atom. The van der Waals surface area contributed by atoms with Crippen molar-refractivity contribution in [3.63, 3.8) is 0 Å². The van der Waals surface area contributed by atoms with Gasteiger partial charge >= 0.3 is 0 Å². The maximum atomic E-state index is 6.29. The molecule has 0 aliphatic heterocycles. The van der Waals surface area contributed by atoms with Crippen LogP contribution in [0.15, 0.2) is 36.4 Å². The predicted octanol–water partition coefficient (Wildman–Crippen LogP) is 6.97. The minimum absolute atomic E-state index is 0.394. The summed E-state index contributed by atoms with van der Waals surface area (Å²) in [5.41, 5.74) is 3.99. The Kier molecular flexibility index (Phi) is 6.73. The van der Waals surface area contributed by atoms with E-state index in [9.17, 15) is 0 Å². The summed E-state index contributed by atoms with van der Waals surface area (Å²) in [6, 6.07) is 10.6. The number of nitrogens with one attached hydrogen (secondary N) is 2. The monoisotopic (exact) mass is 472 g/mol. The van der Waals surface area contributed by atoms with E-state index in [1.54, 1.807) is 18.2 Å². The first-order chi connectivity index (χ1) is 13.3. The lowest BCUT2D eigenvalue weighted by molar-refractivity contribution is 0.659. The lowest BCUT2D eigenvalue weighted by Crippen LogP contribution is -2.20. The zero-order valence-electron chi connectivity index (χ0n) is 15.0. The van der Waals surface area contributed by atoms with Gasteiger partial charge in [0.1, 0.15) is 0 Å². The van der Waals surface area contributed by atoms with E-state index < -0.39 is 0 Å². The van der Waals surface area contributed by atoms with Crippen molar-refractivity contribution in [1.82, 2.24) is 9.78 Å². The summed E-state index contributed by atoms with van der Waals surface area (Å²) < 4.78 is 1.84. The van der Waals surface area contributed by atoms with E-state index in [0.29, 0.717) is 37.4 Å². The number of halogens is 4. The van der Waals surface area contributed by atoms with Crippen molar-refractivity contribution in [2.45, 2.75) is 20.4 Å². The lowest BCUT2D eigenvalue weighted by Gasteiger charge is -2.13. The third-order valence-corrected chi connectivity index (χ3v) is 5.63. The Bertz CT molecular complexity index is 1030. The standard InChI is InChI=1S/C19H16Cl4N4S/c1-10-18(25-19(28)24-17-7-6-12(20)8-16(17)23)11(2)27(26-10)9-13-14(21)4-3-5-15(13)22/h3-8H,9H2,1-2H3,(H2,24,25,28). The van der Waals surface area contributed by atoms with Crippen LogP contribution in [0.2, 0.25) is 20.1 Å². The van der Waals surface area contributed by atoms with Gasteiger partial charge in [-0.3, -0.25) is 4.68 Å². The molecule has 0 aliphatic carbocycles. The molecular weight excluding hydrogens is 458 g/mol. The third-order valence-electron chi connectivity index (χ3n) is 4.17. The van der Waals surface area contributed by atoms with Crippen molar-refractivity contribution in [3.05, 3.63) is 73.4 Å². The predicted molar refractivity (Wildman–Crippen MR) is 124 cm³/mol. The summed E-state index contributed by atoms with van der Waals surface area (Å²) in [7, 11) is 0. The van der Waals surface area contributed by atoms with Crippen LogP contribution in [-0.4, -0.2) is 14.9 Å². The molecule has 4 nitrogen and oxygen atoms in total. The summed E-state index contributed by atoms with van der Waals surface area (Å²) in [6.45, 7) is 4.30. The van der Waals surface area contributed by atoms with Gasteiger partial charge in [-0.25, -0.2) is 0 Å². The Hall–Kier alpha value is -1.50. The first kappa shape index (κ1) is 21.2. The van der Waals surface area contributed by atoms with Gasteiger partial charge in [0.2, 0.25) is 0 Å². The second-order valence-corrected chi connectivity index (χ2v) is 8.17. The van der Waals surface area contributed by atoms with Crippen LogP contribution in [-0.2, 0) is 6.54 Å². The fourth-order valence-electron chi connectivity index (χ4n) is 2.72. The van der Waals surface area contributed by atoms with Crippen LogP contribution < -0.4 is 10.6 Å². The van der Waals surface area contributed by atoms with Crippen molar-refractivity contribution in [3.8, 4) is 0 Å². The zero-order valence-corrected chi connectivity index (χ0v) is 18.8. The summed E-state index contributed by atoms with van der Waals surface area (Å²) in [5, 5.41) is 13.5. The number of aryl methyl sites for hydroxylation is 1. The van der Waals surface area contributed by atoms with Crippen LogP contribution in [0.1, 0.15) is 17.0 Å². The molecule has 2 N–H and O–H groups in total. The van der Waals surface area contributed by atoms with E-state index in [0.717, 1.165) is 22.6 Å². The van der Waals surface area contributed by atoms with E-state index in [4.69, 9.17) is 58.6 Å². The molecule has 2 aromatic carbocycles. The summed E-state index contributed by atoms with van der Waals surface area (Å²) in [4.78, 5) is 0. The largest absolute Gasteiger partial charge is 0.331 e. The Morgan fingerprint density at radius 2 is 1.68 bits per heavy atom. The molecule has 1 heterocycles. The number of anilines is 2. The van der Waals surface area contributed by atoms with E-state index in [2.05, 4.69) is 15.7 Å². The zero-order chi connectivity index (χ0) is 20.4. The average molecular weight is 474 g/mol. The second-order valence-electron chi connectivity index (χ2n) is 6.11. The summed E-state index contributed by atoms with van der Waals surface area (Å²) >= 11 is 30.1. The van der Waals surface area contributed by atoms with Crippen molar-refractivity contribution < 1.29 is 0 Å². The first-order valence-corrected chi connectivity index (χ1v) is 10.2. The van der Waals surface area contributed by atoms with Crippen molar-refractivity contribution in [2.24, 2.45) is 0 Å². The highest BCUT2D eigenvalue weighted by molar-refractivity contribution is 7.80. The molecule has 0 amide bonds. The quantitative estimate of drug-likeness (QED) is 0.401. The molecule has 3 aromatic rings. The first-order valence-electron chi connectivity index (χ1n) is 8.26. The molecule has 0 saturated heterocycles. The second kappa shape index (κ2) is 8.89. The maximum Gasteiger partial charge on any atom is 0.175 e. The summed E-state index contributed by atoms with van der Waals surface area (Å²) in [5.74, 6) is 0. The molecule has 0 unspecified atom stereocenters. The van der Waals surface area contributed by atoms with Gasteiger partial charge in [0.05, 0.1) is 34.3 Å². The lowest BCUT2D eigenvalue weighted by atomic mass is 10.2. The van der Waals surface area contributed by atoms with Crippen LogP contribution >= 0.6 is 58.6 Å². The van der Waals surface area contributed by atoms with E-state index in [-0.39, 0.29) is 0 Å². The SMILES string of the molecule is Cc1nn(Cc2c(Cl)cccc2Cl)c(C)c1NC(=S)Nc1ccc(Cl)cc1Cl. The van der Waals surface area contributed by atoms with Crippen molar-refractivity contribution in [1.29, 1.82) is 0 Å². The molecule has 0 fully saturated rings. The smallest absolute Gasteiger partial charge is 0.175 e. The average Bonchev–Trinajstić information content (AvgIpc) is 2.88. The van der Waals surface area contributed by atoms with Gasteiger partial charge in [-0.05, 0) is 56.4 Å². The van der Waals surface area contributed by atoms with Gasteiger partial charge < -0.3 is 10.6 Å². The minimum Gasteiger partial charge on any atom is -0.331 e. The van der Waals surface area contributed by atoms with E-state index >= 15 is 0 Å². The van der Waals surface area contributed by atoms with Gasteiger partial charge in [-0.1, -0.05) is 52.5 Å². The fraction of sp³-hybridized carbons (Fsp3) is 0.158. The molecule has 28 heavy (non-hydrogen) atoms. The van der Waals surface area contributed by atoms with Crippen LogP contribution in [0, 0.1) is 13.8 Å². The Morgan fingerprint density at radius 3 is 2.32 bits per heavy atom. The molecule has 0 saturated carbocycles. The molecule has 0 atom stereocenters. The van der Waals surface area contributed by atoms with Gasteiger partial charge in [-0.15, -0.1) is 0 Å². The molecule has 3 rings (SSSR count). The third kappa shape index (κ3) is 4.73. The molecule has 0 spiro atoms. The number of rotatable bonds is 4. The van der Waals surface area contributed by atoms with Gasteiger partial charge in [0.25, 0.3) is 0 Å². The minimum atomic E-state index is 0.394. The topological polar surface area (TPSA) is 41.9 Å². The van der Waals surface area contributed by atoms with Crippen molar-refractivity contribution in [2.75, 3.05) is 10.6 Å². The highest BCUT2D eigenvalue weighted by Crippen LogP contribution is 2.28. The Labute approximate surface area is 188 Å².